The Bertz CT molecular complexity index is 1460. The second-order valence-corrected chi connectivity index (χ2v) is 24.1. The van der Waals surface area contributed by atoms with Crippen LogP contribution >= 0.6 is 0 Å². The third-order valence-corrected chi connectivity index (χ3v) is 12.5. The van der Waals surface area contributed by atoms with Gasteiger partial charge in [-0.2, -0.15) is 0 Å². The second kappa shape index (κ2) is 14.4. The van der Waals surface area contributed by atoms with Crippen LogP contribution in [0.3, 0.4) is 0 Å². The van der Waals surface area contributed by atoms with Crippen LogP contribution in [0, 0.1) is 11.8 Å². The number of amides is 1. The maximum absolute atomic E-state index is 14.5. The largest absolute Gasteiger partial charge is 0.367 e. The van der Waals surface area contributed by atoms with Crippen LogP contribution in [0.1, 0.15) is 97.1 Å². The van der Waals surface area contributed by atoms with E-state index in [4.69, 9.17) is 14.5 Å². The molecule has 0 unspecified atom stereocenters. The molecule has 2 saturated carbocycles. The first kappa shape index (κ1) is 38.9. The lowest BCUT2D eigenvalue weighted by molar-refractivity contribution is -0.183. The molecular formula is C34H54F4N4O4SSi. The Hall–Kier alpha value is -1.87. The van der Waals surface area contributed by atoms with Crippen LogP contribution in [0.2, 0.25) is 25.7 Å². The van der Waals surface area contributed by atoms with E-state index < -0.39 is 47.3 Å². The number of ether oxygens (including phenoxy) is 2. The highest BCUT2D eigenvalue weighted by atomic mass is 32.2. The third kappa shape index (κ3) is 10.3. The van der Waals surface area contributed by atoms with Gasteiger partial charge in [0, 0.05) is 40.9 Å². The van der Waals surface area contributed by atoms with Gasteiger partial charge in [0.05, 0.1) is 39.4 Å². The summed E-state index contributed by atoms with van der Waals surface area (Å²) in [5, 5.41) is 3.10. The zero-order valence-electron chi connectivity index (χ0n) is 29.9. The number of nitrogens with zero attached hydrogens (tertiary/aromatic N) is 2. The number of imidazole rings is 1. The highest BCUT2D eigenvalue weighted by Gasteiger charge is 2.46. The SMILES string of the molecule is CC(C)(C)[S@@](=O)N[C@@H](COC(C)(C)C(C)(F)F)c1nc2cc([C@H](NC(=O)CC3CC(F)(F)C3)C3CC3)ccc2n1COCC[Si](C)(C)C. The molecule has 4 rings (SSSR count). The Morgan fingerprint density at radius 3 is 2.31 bits per heavy atom. The molecule has 2 fully saturated rings. The molecule has 0 radical (unpaired) electrons. The van der Waals surface area contributed by atoms with Crippen molar-refractivity contribution in [2.24, 2.45) is 11.8 Å². The highest BCUT2D eigenvalue weighted by molar-refractivity contribution is 7.84. The van der Waals surface area contributed by atoms with Gasteiger partial charge in [0.1, 0.15) is 24.2 Å². The van der Waals surface area contributed by atoms with Gasteiger partial charge in [0.2, 0.25) is 11.8 Å². The number of rotatable bonds is 17. The van der Waals surface area contributed by atoms with E-state index in [9.17, 15) is 26.6 Å². The quantitative estimate of drug-likeness (QED) is 0.0986. The molecule has 2 aliphatic rings. The van der Waals surface area contributed by atoms with E-state index in [0.29, 0.717) is 17.9 Å². The van der Waals surface area contributed by atoms with Crippen LogP contribution in [-0.2, 0) is 32.0 Å². The molecule has 2 aromatic rings. The second-order valence-electron chi connectivity index (χ2n) is 16.5. The maximum Gasteiger partial charge on any atom is 0.273 e. The fourth-order valence-electron chi connectivity index (χ4n) is 5.51. The summed E-state index contributed by atoms with van der Waals surface area (Å²) >= 11 is 0. The van der Waals surface area contributed by atoms with Crippen molar-refractivity contribution in [1.29, 1.82) is 0 Å². The molecule has 272 valence electrons. The van der Waals surface area contributed by atoms with Crippen LogP contribution in [0.15, 0.2) is 18.2 Å². The van der Waals surface area contributed by atoms with Crippen molar-refractivity contribution in [3.63, 3.8) is 0 Å². The van der Waals surface area contributed by atoms with Crippen LogP contribution in [-0.4, -0.2) is 63.1 Å². The lowest BCUT2D eigenvalue weighted by Gasteiger charge is -2.34. The van der Waals surface area contributed by atoms with Crippen molar-refractivity contribution in [3.05, 3.63) is 29.6 Å². The van der Waals surface area contributed by atoms with Crippen molar-refractivity contribution in [2.75, 3.05) is 13.2 Å². The van der Waals surface area contributed by atoms with Gasteiger partial charge in [-0.15, -0.1) is 0 Å². The third-order valence-electron chi connectivity index (χ3n) is 9.22. The van der Waals surface area contributed by atoms with Gasteiger partial charge in [0.25, 0.3) is 5.92 Å². The van der Waals surface area contributed by atoms with E-state index in [2.05, 4.69) is 29.7 Å². The highest BCUT2D eigenvalue weighted by Crippen LogP contribution is 2.45. The number of fused-ring (bicyclic) bond motifs is 1. The fourth-order valence-corrected chi connectivity index (χ4v) is 7.05. The molecule has 2 aliphatic carbocycles. The topological polar surface area (TPSA) is 94.5 Å². The lowest BCUT2D eigenvalue weighted by Crippen LogP contribution is -2.46. The molecule has 1 aromatic heterocycles. The summed E-state index contributed by atoms with van der Waals surface area (Å²) in [6.45, 7) is 16.1. The van der Waals surface area contributed by atoms with E-state index in [1.165, 1.54) is 13.8 Å². The minimum Gasteiger partial charge on any atom is -0.367 e. The Kier molecular flexibility index (Phi) is 11.7. The first-order chi connectivity index (χ1) is 22.0. The summed E-state index contributed by atoms with van der Waals surface area (Å²) in [6.07, 6.45) is 1.43. The van der Waals surface area contributed by atoms with Crippen molar-refractivity contribution in [3.8, 4) is 0 Å². The summed E-state index contributed by atoms with van der Waals surface area (Å²) in [5.74, 6) is -5.71. The average molecular weight is 719 g/mol. The molecule has 1 aromatic carbocycles. The van der Waals surface area contributed by atoms with Gasteiger partial charge in [-0.1, -0.05) is 25.7 Å². The van der Waals surface area contributed by atoms with Gasteiger partial charge in [-0.05, 0) is 83.0 Å². The molecule has 3 atom stereocenters. The number of carbonyl (C=O) groups is 1. The molecule has 48 heavy (non-hydrogen) atoms. The van der Waals surface area contributed by atoms with Gasteiger partial charge in [-0.3, -0.25) is 4.79 Å². The van der Waals surface area contributed by atoms with Crippen molar-refractivity contribution >= 4 is 36.0 Å². The minimum atomic E-state index is -3.14. The molecule has 1 heterocycles. The van der Waals surface area contributed by atoms with E-state index in [-0.39, 0.29) is 56.4 Å². The zero-order valence-corrected chi connectivity index (χ0v) is 31.7. The monoisotopic (exact) mass is 718 g/mol. The van der Waals surface area contributed by atoms with Gasteiger partial charge >= 0.3 is 0 Å². The van der Waals surface area contributed by atoms with Gasteiger partial charge in [-0.25, -0.2) is 31.5 Å². The van der Waals surface area contributed by atoms with Gasteiger partial charge in [0.15, 0.2) is 0 Å². The smallest absolute Gasteiger partial charge is 0.273 e. The number of nitrogens with one attached hydrogen (secondary N) is 2. The number of aromatic nitrogens is 2. The number of hydrogen-bond donors (Lipinski definition) is 2. The van der Waals surface area contributed by atoms with Crippen molar-refractivity contribution in [2.45, 2.75) is 140 Å². The Morgan fingerprint density at radius 1 is 1.12 bits per heavy atom. The zero-order chi connectivity index (χ0) is 35.9. The van der Waals surface area contributed by atoms with Gasteiger partial charge < -0.3 is 19.4 Å². The standard InChI is InChI=1S/C34H54F4N4O4SSi/c1-31(2,3)47(44)41-26(20-46-32(4,5)33(6,35)36)30-39-25-17-24(12-13-27(25)42(30)21-45-14-15-48(7,8)9)29(23-10-11-23)40-28(43)16-22-18-34(37,38)19-22/h12-13,17,22-23,26,29,41H,10-11,14-16,18-21H2,1-9H3,(H,40,43)/t26-,29+,47+/m0/s1. The summed E-state index contributed by atoms with van der Waals surface area (Å²) in [7, 11) is -2.97. The van der Waals surface area contributed by atoms with E-state index in [1.54, 1.807) is 0 Å². The molecule has 0 bridgehead atoms. The summed E-state index contributed by atoms with van der Waals surface area (Å²) in [5.41, 5.74) is 0.369. The summed E-state index contributed by atoms with van der Waals surface area (Å²) in [4.78, 5) is 17.9. The van der Waals surface area contributed by atoms with E-state index in [0.717, 1.165) is 36.9 Å². The fraction of sp³-hybridized carbons (Fsp3) is 0.765. The van der Waals surface area contributed by atoms with Crippen LogP contribution in [0.25, 0.3) is 11.0 Å². The number of halogens is 4. The van der Waals surface area contributed by atoms with Crippen LogP contribution < -0.4 is 10.0 Å². The maximum atomic E-state index is 14.5. The molecule has 0 aliphatic heterocycles. The molecule has 0 saturated heterocycles. The Balaban J connectivity index is 1.68. The number of benzene rings is 1. The minimum absolute atomic E-state index is 0.0695. The van der Waals surface area contributed by atoms with Crippen LogP contribution in [0.5, 0.6) is 0 Å². The molecule has 14 heteroatoms. The first-order valence-electron chi connectivity index (χ1n) is 16.9. The number of alkyl halides is 4. The summed E-state index contributed by atoms with van der Waals surface area (Å²) < 4.78 is 85.3. The Morgan fingerprint density at radius 2 is 1.77 bits per heavy atom. The molecule has 1 amide bonds. The normalized spacial score (nSPS) is 19.6. The number of carbonyl (C=O) groups excluding carboxylic acids is 1. The Labute approximate surface area is 286 Å². The molecule has 0 spiro atoms. The van der Waals surface area contributed by atoms with Crippen LogP contribution in [0.4, 0.5) is 17.6 Å². The lowest BCUT2D eigenvalue weighted by atomic mass is 9.79. The molecule has 8 nitrogen and oxygen atoms in total. The van der Waals surface area contributed by atoms with E-state index >= 15 is 0 Å². The molecular weight excluding hydrogens is 665 g/mol. The summed E-state index contributed by atoms with van der Waals surface area (Å²) in [6, 6.07) is 5.56. The van der Waals surface area contributed by atoms with E-state index in [1.807, 2.05) is 43.5 Å². The first-order valence-corrected chi connectivity index (χ1v) is 21.8. The predicted octanol–water partition coefficient (Wildman–Crippen LogP) is 7.89. The average Bonchev–Trinajstić information content (AvgIpc) is 3.70. The van der Waals surface area contributed by atoms with Crippen molar-refractivity contribution in [1.82, 2.24) is 19.6 Å². The number of hydrogen-bond acceptors (Lipinski definition) is 5. The van der Waals surface area contributed by atoms with Crippen molar-refractivity contribution < 1.29 is 36.0 Å². The molecule has 2 N–H and O–H groups in total. The predicted molar refractivity (Wildman–Crippen MR) is 184 cm³/mol.